The van der Waals surface area contributed by atoms with E-state index in [9.17, 15) is 0 Å². The molecule has 19 heavy (non-hydrogen) atoms. The van der Waals surface area contributed by atoms with Crippen molar-refractivity contribution in [1.82, 2.24) is 5.32 Å². The summed E-state index contributed by atoms with van der Waals surface area (Å²) in [5.74, 6) is 0.648. The second-order valence-corrected chi connectivity index (χ2v) is 6.29. The van der Waals surface area contributed by atoms with Crippen molar-refractivity contribution in [3.63, 3.8) is 0 Å². The first-order chi connectivity index (χ1) is 9.08. The van der Waals surface area contributed by atoms with E-state index in [0.29, 0.717) is 32.8 Å². The van der Waals surface area contributed by atoms with Crippen LogP contribution in [0.3, 0.4) is 0 Å². The summed E-state index contributed by atoms with van der Waals surface area (Å²) in [7, 11) is 0. The Morgan fingerprint density at radius 3 is 2.47 bits per heavy atom. The van der Waals surface area contributed by atoms with E-state index in [0.717, 1.165) is 0 Å². The molecule has 104 valence electrons. The smallest absolute Gasteiger partial charge is 0.171 e. The Kier molecular flexibility index (Phi) is 5.31. The maximum atomic E-state index is 6.11. The van der Waals surface area contributed by atoms with Crippen molar-refractivity contribution in [3.05, 3.63) is 28.2 Å². The third-order valence-corrected chi connectivity index (χ3v) is 4.48. The van der Waals surface area contributed by atoms with E-state index in [1.807, 2.05) is 6.07 Å². The van der Waals surface area contributed by atoms with Crippen LogP contribution in [0.2, 0.25) is 10.0 Å². The van der Waals surface area contributed by atoms with Gasteiger partial charge in [0.2, 0.25) is 0 Å². The molecule has 0 bridgehead atoms. The van der Waals surface area contributed by atoms with Crippen LogP contribution < -0.4 is 10.6 Å². The van der Waals surface area contributed by atoms with Crippen molar-refractivity contribution in [2.75, 3.05) is 5.32 Å². The summed E-state index contributed by atoms with van der Waals surface area (Å²) < 4.78 is 0. The van der Waals surface area contributed by atoms with Crippen molar-refractivity contribution in [3.8, 4) is 0 Å². The van der Waals surface area contributed by atoms with E-state index in [1.54, 1.807) is 12.1 Å². The molecule has 2 rings (SSSR count). The largest absolute Gasteiger partial charge is 0.359 e. The van der Waals surface area contributed by atoms with E-state index >= 15 is 0 Å². The number of para-hydroxylation sites is 1. The summed E-state index contributed by atoms with van der Waals surface area (Å²) in [6.07, 6.45) is 5.00. The second kappa shape index (κ2) is 6.78. The van der Waals surface area contributed by atoms with Gasteiger partial charge in [-0.25, -0.2) is 0 Å². The lowest BCUT2D eigenvalue weighted by atomic mass is 9.86. The van der Waals surface area contributed by atoms with Gasteiger partial charge < -0.3 is 10.6 Å². The predicted molar refractivity (Wildman–Crippen MR) is 87.2 cm³/mol. The summed E-state index contributed by atoms with van der Waals surface area (Å²) in [6, 6.07) is 5.84. The van der Waals surface area contributed by atoms with Crippen LogP contribution in [-0.2, 0) is 0 Å². The third-order valence-electron chi connectivity index (χ3n) is 3.63. The molecule has 1 aliphatic carbocycles. The zero-order chi connectivity index (χ0) is 13.8. The lowest BCUT2D eigenvalue weighted by Gasteiger charge is -2.30. The lowest BCUT2D eigenvalue weighted by Crippen LogP contribution is -2.43. The van der Waals surface area contributed by atoms with Crippen LogP contribution in [0.4, 0.5) is 5.69 Å². The zero-order valence-electron chi connectivity index (χ0n) is 10.9. The molecule has 2 nitrogen and oxygen atoms in total. The zero-order valence-corrected chi connectivity index (χ0v) is 13.2. The Hall–Kier alpha value is -0.510. The molecule has 0 spiro atoms. The topological polar surface area (TPSA) is 24.1 Å². The Morgan fingerprint density at radius 1 is 1.21 bits per heavy atom. The molecule has 0 radical (unpaired) electrons. The van der Waals surface area contributed by atoms with Crippen LogP contribution in [0.15, 0.2) is 18.2 Å². The lowest BCUT2D eigenvalue weighted by molar-refractivity contribution is 0.309. The molecule has 2 N–H and O–H groups in total. The molecule has 0 amide bonds. The maximum Gasteiger partial charge on any atom is 0.171 e. The highest BCUT2D eigenvalue weighted by Gasteiger charge is 2.22. The monoisotopic (exact) mass is 316 g/mol. The van der Waals surface area contributed by atoms with Crippen LogP contribution in [0.5, 0.6) is 0 Å². The Bertz CT molecular complexity index is 445. The van der Waals surface area contributed by atoms with Crippen molar-refractivity contribution >= 4 is 46.2 Å². The molecular formula is C14H18Cl2N2S. The maximum absolute atomic E-state index is 6.11. The van der Waals surface area contributed by atoms with Crippen LogP contribution in [0.1, 0.15) is 32.6 Å². The molecule has 2 atom stereocenters. The Labute approximate surface area is 129 Å². The van der Waals surface area contributed by atoms with Crippen molar-refractivity contribution in [2.24, 2.45) is 5.92 Å². The van der Waals surface area contributed by atoms with Gasteiger partial charge in [-0.05, 0) is 43.1 Å². The molecule has 0 aromatic heterocycles. The standard InChI is InChI=1S/C14H18Cl2N2S/c1-9-5-2-3-8-12(9)17-14(19)18-13-10(15)6-4-7-11(13)16/h4,6-7,9,12H,2-3,5,8H2,1H3,(H2,17,18,19)/t9-,12+/m1/s1. The quantitative estimate of drug-likeness (QED) is 0.762. The number of hydrogen-bond acceptors (Lipinski definition) is 1. The van der Waals surface area contributed by atoms with E-state index in [1.165, 1.54) is 25.7 Å². The fraction of sp³-hybridized carbons (Fsp3) is 0.500. The fourth-order valence-electron chi connectivity index (χ4n) is 2.47. The van der Waals surface area contributed by atoms with Gasteiger partial charge in [0, 0.05) is 6.04 Å². The van der Waals surface area contributed by atoms with Crippen LogP contribution >= 0.6 is 35.4 Å². The van der Waals surface area contributed by atoms with Gasteiger partial charge in [-0.2, -0.15) is 0 Å². The van der Waals surface area contributed by atoms with Crippen LogP contribution in [0, 0.1) is 5.92 Å². The summed E-state index contributed by atoms with van der Waals surface area (Å²) in [4.78, 5) is 0. The minimum absolute atomic E-state index is 0.440. The number of halogens is 2. The highest BCUT2D eigenvalue weighted by molar-refractivity contribution is 7.80. The first-order valence-electron chi connectivity index (χ1n) is 6.59. The van der Waals surface area contributed by atoms with Crippen LogP contribution in [0.25, 0.3) is 0 Å². The van der Waals surface area contributed by atoms with Gasteiger partial charge in [0.25, 0.3) is 0 Å². The molecule has 1 aliphatic rings. The number of rotatable bonds is 2. The number of anilines is 1. The second-order valence-electron chi connectivity index (χ2n) is 5.06. The minimum atomic E-state index is 0.440. The Morgan fingerprint density at radius 2 is 1.84 bits per heavy atom. The molecule has 5 heteroatoms. The van der Waals surface area contributed by atoms with Gasteiger partial charge in [-0.1, -0.05) is 49.0 Å². The van der Waals surface area contributed by atoms with Crippen molar-refractivity contribution in [1.29, 1.82) is 0 Å². The molecule has 0 aliphatic heterocycles. The molecule has 0 saturated heterocycles. The highest BCUT2D eigenvalue weighted by atomic mass is 35.5. The molecule has 1 fully saturated rings. The fourth-order valence-corrected chi connectivity index (χ4v) is 3.21. The highest BCUT2D eigenvalue weighted by Crippen LogP contribution is 2.30. The summed E-state index contributed by atoms with van der Waals surface area (Å²) >= 11 is 17.6. The van der Waals surface area contributed by atoms with Gasteiger partial charge in [0.05, 0.1) is 15.7 Å². The van der Waals surface area contributed by atoms with E-state index in [-0.39, 0.29) is 0 Å². The SMILES string of the molecule is C[C@@H]1CCCC[C@@H]1NC(=S)Nc1c(Cl)cccc1Cl. The van der Waals surface area contributed by atoms with Gasteiger partial charge in [-0.15, -0.1) is 0 Å². The third kappa shape index (κ3) is 3.98. The Balaban J connectivity index is 1.97. The first-order valence-corrected chi connectivity index (χ1v) is 7.76. The van der Waals surface area contributed by atoms with E-state index in [2.05, 4.69) is 17.6 Å². The van der Waals surface area contributed by atoms with Crippen molar-refractivity contribution in [2.45, 2.75) is 38.6 Å². The number of hydrogen-bond donors (Lipinski definition) is 2. The summed E-state index contributed by atoms with van der Waals surface area (Å²) in [5.41, 5.74) is 0.673. The molecule has 1 saturated carbocycles. The van der Waals surface area contributed by atoms with Gasteiger partial charge >= 0.3 is 0 Å². The normalized spacial score (nSPS) is 22.9. The number of benzene rings is 1. The number of nitrogens with one attached hydrogen (secondary N) is 2. The average Bonchev–Trinajstić information content (AvgIpc) is 2.37. The van der Waals surface area contributed by atoms with Crippen LogP contribution in [-0.4, -0.2) is 11.2 Å². The van der Waals surface area contributed by atoms with Gasteiger partial charge in [-0.3, -0.25) is 0 Å². The molecule has 1 aromatic carbocycles. The molecule has 0 unspecified atom stereocenters. The average molecular weight is 317 g/mol. The summed E-state index contributed by atoms with van der Waals surface area (Å²) in [5, 5.41) is 8.22. The predicted octanol–water partition coefficient (Wildman–Crippen LogP) is 4.86. The minimum Gasteiger partial charge on any atom is -0.359 e. The number of thiocarbonyl (C=S) groups is 1. The van der Waals surface area contributed by atoms with Gasteiger partial charge in [0.15, 0.2) is 5.11 Å². The molecule has 0 heterocycles. The van der Waals surface area contributed by atoms with E-state index in [4.69, 9.17) is 35.4 Å². The first kappa shape index (κ1) is 14.9. The van der Waals surface area contributed by atoms with Gasteiger partial charge in [0.1, 0.15) is 0 Å². The van der Waals surface area contributed by atoms with Crippen molar-refractivity contribution < 1.29 is 0 Å². The molecule has 1 aromatic rings. The van der Waals surface area contributed by atoms with E-state index < -0.39 is 0 Å². The molecular weight excluding hydrogens is 299 g/mol. The summed E-state index contributed by atoms with van der Waals surface area (Å²) in [6.45, 7) is 2.27.